The molecule has 1 fully saturated rings. The van der Waals surface area contributed by atoms with Crippen molar-refractivity contribution in [2.75, 3.05) is 0 Å². The van der Waals surface area contributed by atoms with Gasteiger partial charge < -0.3 is 14.9 Å². The van der Waals surface area contributed by atoms with E-state index in [4.69, 9.17) is 0 Å². The van der Waals surface area contributed by atoms with Gasteiger partial charge in [-0.2, -0.15) is 26.3 Å². The highest BCUT2D eigenvalue weighted by molar-refractivity contribution is 7.99. The van der Waals surface area contributed by atoms with Crippen molar-refractivity contribution < 1.29 is 41.3 Å². The number of rotatable bonds is 5. The predicted molar refractivity (Wildman–Crippen MR) is 127 cm³/mol. The highest BCUT2D eigenvalue weighted by Gasteiger charge is 2.74. The number of aliphatic hydroxyl groups is 2. The lowest BCUT2D eigenvalue weighted by Gasteiger charge is -2.53. The normalized spacial score (nSPS) is 27.6. The number of thioether (sulfide) groups is 1. The van der Waals surface area contributed by atoms with E-state index in [9.17, 15) is 36.6 Å². The van der Waals surface area contributed by atoms with Crippen molar-refractivity contribution in [3.05, 3.63) is 102 Å². The number of ether oxygens (including phenoxy) is 1. The summed E-state index contributed by atoms with van der Waals surface area (Å²) in [5, 5.41) is 20.3. The van der Waals surface area contributed by atoms with Crippen molar-refractivity contribution >= 4 is 11.8 Å². The summed E-state index contributed by atoms with van der Waals surface area (Å²) < 4.78 is 89.9. The number of alkyl halides is 6. The Balaban J connectivity index is 1.96. The maximum Gasteiger partial charge on any atom is 0.443 e. The first kappa shape index (κ1) is 27.5. The fourth-order valence-electron chi connectivity index (χ4n) is 4.68. The van der Waals surface area contributed by atoms with Crippen LogP contribution in [0.3, 0.4) is 0 Å². The van der Waals surface area contributed by atoms with E-state index in [1.54, 1.807) is 60.7 Å². The minimum atomic E-state index is -5.68. The van der Waals surface area contributed by atoms with E-state index >= 15 is 0 Å². The van der Waals surface area contributed by atoms with E-state index in [2.05, 4.69) is 4.74 Å². The van der Waals surface area contributed by atoms with Crippen LogP contribution in [0.4, 0.5) is 26.3 Å². The maximum atomic E-state index is 14.6. The van der Waals surface area contributed by atoms with Crippen LogP contribution in [-0.4, -0.2) is 34.1 Å². The number of hydrogen-bond acceptors (Lipinski definition) is 4. The zero-order chi connectivity index (χ0) is 27.1. The molecule has 0 aliphatic carbocycles. The molecule has 5 atom stereocenters. The lowest BCUT2D eigenvalue weighted by atomic mass is 9.70. The van der Waals surface area contributed by atoms with Crippen molar-refractivity contribution in [2.24, 2.45) is 5.92 Å². The standard InChI is InChI=1S/C27H24F6O3S/c1-17-12-14-20(15-13-17)37-23(19-10-6-3-7-11-19)22-21(18-8-4-2-5-9-18)16-24(34,26(28,29)30)36-25(22,35)27(31,32)33/h2-15,21-23,34-35H,16H2,1H3/t21-,22+,23-,24+,25-/m0/s1. The molecule has 3 nitrogen and oxygen atoms in total. The molecule has 0 bridgehead atoms. The summed E-state index contributed by atoms with van der Waals surface area (Å²) in [4.78, 5) is 0.549. The molecule has 1 saturated heterocycles. The molecule has 3 aromatic rings. The fourth-order valence-corrected chi connectivity index (χ4v) is 6.08. The van der Waals surface area contributed by atoms with Gasteiger partial charge >= 0.3 is 12.4 Å². The largest absolute Gasteiger partial charge is 0.443 e. The van der Waals surface area contributed by atoms with Crippen LogP contribution in [0.15, 0.2) is 89.8 Å². The van der Waals surface area contributed by atoms with E-state index in [1.165, 1.54) is 24.3 Å². The summed E-state index contributed by atoms with van der Waals surface area (Å²) in [6.45, 7) is 1.84. The second-order valence-corrected chi connectivity index (χ2v) is 10.3. The zero-order valence-corrected chi connectivity index (χ0v) is 20.3. The molecular weight excluding hydrogens is 518 g/mol. The Bertz CT molecular complexity index is 1190. The smallest absolute Gasteiger partial charge is 0.358 e. The lowest BCUT2D eigenvalue weighted by Crippen LogP contribution is -2.68. The molecule has 10 heteroatoms. The van der Waals surface area contributed by atoms with E-state index in [1.807, 2.05) is 6.92 Å². The molecule has 1 aliphatic heterocycles. The molecule has 4 rings (SSSR count). The Morgan fingerprint density at radius 3 is 1.86 bits per heavy atom. The third kappa shape index (κ3) is 5.38. The van der Waals surface area contributed by atoms with Crippen LogP contribution in [0.5, 0.6) is 0 Å². The average molecular weight is 543 g/mol. The van der Waals surface area contributed by atoms with Gasteiger partial charge in [-0.05, 0) is 36.1 Å². The van der Waals surface area contributed by atoms with E-state index < -0.39 is 47.4 Å². The van der Waals surface area contributed by atoms with Crippen LogP contribution in [0, 0.1) is 12.8 Å². The summed E-state index contributed by atoms with van der Waals surface area (Å²) in [6.07, 6.45) is -12.5. The molecule has 1 aliphatic rings. The minimum absolute atomic E-state index is 0.103. The monoisotopic (exact) mass is 542 g/mol. The van der Waals surface area contributed by atoms with Gasteiger partial charge in [0.15, 0.2) is 0 Å². The molecule has 2 N–H and O–H groups in total. The summed E-state index contributed by atoms with van der Waals surface area (Å²) in [5.74, 6) is -12.1. The molecular formula is C27H24F6O3S. The summed E-state index contributed by atoms with van der Waals surface area (Å²) in [5.41, 5.74) is 1.36. The van der Waals surface area contributed by atoms with E-state index in [0.717, 1.165) is 17.3 Å². The zero-order valence-electron chi connectivity index (χ0n) is 19.5. The Kier molecular flexibility index (Phi) is 7.42. The Labute approximate surface area is 214 Å². The summed E-state index contributed by atoms with van der Waals surface area (Å²) in [7, 11) is 0. The van der Waals surface area contributed by atoms with E-state index in [0.29, 0.717) is 10.5 Å². The third-order valence-corrected chi connectivity index (χ3v) is 7.89. The second-order valence-electron chi connectivity index (χ2n) is 9.09. The third-order valence-electron chi connectivity index (χ3n) is 6.52. The maximum absolute atomic E-state index is 14.6. The molecule has 198 valence electrons. The van der Waals surface area contributed by atoms with Crippen molar-refractivity contribution in [1.29, 1.82) is 0 Å². The Hall–Kier alpha value is -2.53. The number of aryl methyl sites for hydroxylation is 1. The van der Waals surface area contributed by atoms with Crippen LogP contribution in [0.2, 0.25) is 0 Å². The topological polar surface area (TPSA) is 49.7 Å². The van der Waals surface area contributed by atoms with Crippen molar-refractivity contribution in [2.45, 2.75) is 53.3 Å². The van der Waals surface area contributed by atoms with Crippen LogP contribution >= 0.6 is 11.8 Å². The van der Waals surface area contributed by atoms with Gasteiger partial charge in [0.05, 0.1) is 0 Å². The van der Waals surface area contributed by atoms with E-state index in [-0.39, 0.29) is 5.56 Å². The van der Waals surface area contributed by atoms with Gasteiger partial charge in [-0.3, -0.25) is 0 Å². The molecule has 0 unspecified atom stereocenters. The molecule has 0 saturated carbocycles. The van der Waals surface area contributed by atoms with Crippen LogP contribution < -0.4 is 0 Å². The van der Waals surface area contributed by atoms with Gasteiger partial charge in [0, 0.05) is 22.5 Å². The van der Waals surface area contributed by atoms with Gasteiger partial charge in [0.2, 0.25) is 0 Å². The fraction of sp³-hybridized carbons (Fsp3) is 0.333. The minimum Gasteiger partial charge on any atom is -0.358 e. The van der Waals surface area contributed by atoms with Gasteiger partial charge in [-0.1, -0.05) is 78.4 Å². The predicted octanol–water partition coefficient (Wildman–Crippen LogP) is 7.15. The molecule has 0 amide bonds. The van der Waals surface area contributed by atoms with Gasteiger partial charge in [0.25, 0.3) is 11.6 Å². The van der Waals surface area contributed by atoms with Crippen molar-refractivity contribution in [3.8, 4) is 0 Å². The molecule has 0 spiro atoms. The SMILES string of the molecule is Cc1ccc(S[C@@H](c2ccccc2)[C@H]2[C@H](c3ccccc3)C[C@](O)(C(F)(F)F)O[C@]2(O)C(F)(F)F)cc1. The van der Waals surface area contributed by atoms with Crippen LogP contribution in [0.25, 0.3) is 0 Å². The average Bonchev–Trinajstić information content (AvgIpc) is 2.83. The lowest BCUT2D eigenvalue weighted by molar-refractivity contribution is -0.501. The Morgan fingerprint density at radius 2 is 1.35 bits per heavy atom. The molecule has 37 heavy (non-hydrogen) atoms. The molecule has 0 radical (unpaired) electrons. The number of benzene rings is 3. The molecule has 0 aromatic heterocycles. The summed E-state index contributed by atoms with van der Waals surface area (Å²) in [6, 6.07) is 22.1. The number of hydrogen-bond donors (Lipinski definition) is 2. The van der Waals surface area contributed by atoms with Crippen LogP contribution in [-0.2, 0) is 4.74 Å². The first-order valence-electron chi connectivity index (χ1n) is 11.4. The van der Waals surface area contributed by atoms with Gasteiger partial charge in [0.1, 0.15) is 0 Å². The first-order valence-corrected chi connectivity index (χ1v) is 12.2. The molecule has 1 heterocycles. The summed E-state index contributed by atoms with van der Waals surface area (Å²) >= 11 is 0.979. The van der Waals surface area contributed by atoms with Crippen molar-refractivity contribution in [1.82, 2.24) is 0 Å². The second kappa shape index (κ2) is 9.98. The van der Waals surface area contributed by atoms with Gasteiger partial charge in [-0.25, -0.2) is 0 Å². The van der Waals surface area contributed by atoms with Crippen LogP contribution in [0.1, 0.15) is 34.3 Å². The van der Waals surface area contributed by atoms with Crippen molar-refractivity contribution in [3.63, 3.8) is 0 Å². The highest BCUT2D eigenvalue weighted by Crippen LogP contribution is 2.62. The molecule has 3 aromatic carbocycles. The first-order chi connectivity index (χ1) is 17.3. The number of halogens is 6. The highest BCUT2D eigenvalue weighted by atomic mass is 32.2. The van der Waals surface area contributed by atoms with Gasteiger partial charge in [-0.15, -0.1) is 11.8 Å². The Morgan fingerprint density at radius 1 is 0.811 bits per heavy atom. The quantitative estimate of drug-likeness (QED) is 0.266.